The van der Waals surface area contributed by atoms with E-state index in [1.807, 2.05) is 0 Å². The van der Waals surface area contributed by atoms with E-state index in [-0.39, 0.29) is 48.1 Å². The molecule has 2 N–H and O–H groups in total. The number of ether oxygens (including phenoxy) is 2. The van der Waals surface area contributed by atoms with Gasteiger partial charge in [0, 0.05) is 12.1 Å². The number of nitrogens with zero attached hydrogens (tertiary/aromatic N) is 1. The number of ketones is 1. The molecule has 184 valence electrons. The van der Waals surface area contributed by atoms with Gasteiger partial charge in [-0.15, -0.1) is 0 Å². The first-order chi connectivity index (χ1) is 16.1. The molecule has 0 aliphatic carbocycles. The van der Waals surface area contributed by atoms with Gasteiger partial charge in [0.15, 0.2) is 5.78 Å². The fourth-order valence-corrected chi connectivity index (χ4v) is 5.38. The summed E-state index contributed by atoms with van der Waals surface area (Å²) >= 11 is 0. The predicted octanol–water partition coefficient (Wildman–Crippen LogP) is 1.11. The minimum absolute atomic E-state index is 0.0323. The number of hydrogen-bond donors (Lipinski definition) is 2. The zero-order chi connectivity index (χ0) is 24.9. The Morgan fingerprint density at radius 2 is 1.82 bits per heavy atom. The third-order valence-corrected chi connectivity index (χ3v) is 7.45. The van der Waals surface area contributed by atoms with Crippen LogP contribution < -0.4 is 10.6 Å². The van der Waals surface area contributed by atoms with E-state index in [1.54, 1.807) is 6.92 Å². The van der Waals surface area contributed by atoms with Crippen molar-refractivity contribution in [3.05, 3.63) is 41.1 Å². The highest BCUT2D eigenvalue weighted by molar-refractivity contribution is 7.89. The normalized spacial score (nSPS) is 19.1. The number of esters is 2. The van der Waals surface area contributed by atoms with Gasteiger partial charge < -0.3 is 20.1 Å². The van der Waals surface area contributed by atoms with Crippen LogP contribution in [0.2, 0.25) is 0 Å². The van der Waals surface area contributed by atoms with Gasteiger partial charge >= 0.3 is 18.0 Å². The topological polar surface area (TPSA) is 148 Å². The molecule has 3 rings (SSSR count). The number of benzene rings is 1. The fraction of sp³-hybridized carbons (Fsp3) is 0.455. The van der Waals surface area contributed by atoms with Gasteiger partial charge in [-0.3, -0.25) is 9.59 Å². The lowest BCUT2D eigenvalue weighted by Gasteiger charge is -2.33. The van der Waals surface area contributed by atoms with Crippen LogP contribution in [0.25, 0.3) is 0 Å². The fourth-order valence-electron chi connectivity index (χ4n) is 3.73. The van der Waals surface area contributed by atoms with Crippen molar-refractivity contribution >= 4 is 33.8 Å². The van der Waals surface area contributed by atoms with E-state index in [9.17, 15) is 27.6 Å². The number of urea groups is 1. The van der Waals surface area contributed by atoms with E-state index >= 15 is 0 Å². The number of carbonyl (C=O) groups is 4. The number of rotatable bonds is 8. The molecule has 11 nitrogen and oxygen atoms in total. The molecule has 0 saturated carbocycles. The second-order valence-corrected chi connectivity index (χ2v) is 9.69. The standard InChI is InChI=1S/C22H27N3O8S/c1-3-32-20(27)17-12-23-22(29)24-18(17)13-33-21(28)19-6-4-5-11-25(19)34(30,31)16-9-7-15(8-10-16)14(2)26/h7-10,19H,3-6,11-13H2,1-2H3,(H2,23,24,29). The van der Waals surface area contributed by atoms with Crippen LogP contribution in [0.3, 0.4) is 0 Å². The van der Waals surface area contributed by atoms with E-state index in [4.69, 9.17) is 9.47 Å². The van der Waals surface area contributed by atoms with Gasteiger partial charge in [-0.25, -0.2) is 18.0 Å². The number of piperidine rings is 1. The summed E-state index contributed by atoms with van der Waals surface area (Å²) in [7, 11) is -4.03. The summed E-state index contributed by atoms with van der Waals surface area (Å²) in [6.45, 7) is 2.78. The van der Waals surface area contributed by atoms with Crippen molar-refractivity contribution < 1.29 is 37.1 Å². The van der Waals surface area contributed by atoms with Crippen LogP contribution in [0.1, 0.15) is 43.5 Å². The van der Waals surface area contributed by atoms with Gasteiger partial charge in [0.1, 0.15) is 12.6 Å². The van der Waals surface area contributed by atoms with Crippen LogP contribution >= 0.6 is 0 Å². The van der Waals surface area contributed by atoms with Crippen LogP contribution in [0.4, 0.5) is 4.79 Å². The Balaban J connectivity index is 1.78. The number of nitrogens with one attached hydrogen (secondary N) is 2. The molecule has 2 aliphatic rings. The van der Waals surface area contributed by atoms with Crippen molar-refractivity contribution in [2.24, 2.45) is 0 Å². The second-order valence-electron chi connectivity index (χ2n) is 7.80. The Labute approximate surface area is 197 Å². The zero-order valence-electron chi connectivity index (χ0n) is 19.0. The first-order valence-corrected chi connectivity index (χ1v) is 12.3. The third-order valence-electron chi connectivity index (χ3n) is 5.53. The van der Waals surface area contributed by atoms with Gasteiger partial charge in [-0.2, -0.15) is 4.31 Å². The van der Waals surface area contributed by atoms with Gasteiger partial charge in [0.05, 0.1) is 29.3 Å². The molecule has 1 fully saturated rings. The maximum atomic E-state index is 13.2. The maximum absolute atomic E-state index is 13.2. The van der Waals surface area contributed by atoms with Crippen molar-refractivity contribution in [2.45, 2.75) is 44.0 Å². The lowest BCUT2D eigenvalue weighted by atomic mass is 10.1. The smallest absolute Gasteiger partial charge is 0.337 e. The van der Waals surface area contributed by atoms with Gasteiger partial charge in [0.2, 0.25) is 10.0 Å². The number of hydrogen-bond acceptors (Lipinski definition) is 8. The lowest BCUT2D eigenvalue weighted by molar-refractivity contribution is -0.148. The largest absolute Gasteiger partial charge is 0.463 e. The van der Waals surface area contributed by atoms with Crippen LogP contribution in [-0.4, -0.2) is 68.8 Å². The summed E-state index contributed by atoms with van der Waals surface area (Å²) in [5.74, 6) is -1.63. The minimum Gasteiger partial charge on any atom is -0.463 e. The van der Waals surface area contributed by atoms with Crippen LogP contribution in [0.15, 0.2) is 40.4 Å². The summed E-state index contributed by atoms with van der Waals surface area (Å²) in [4.78, 5) is 48.2. The molecule has 1 aromatic carbocycles. The molecule has 2 amide bonds. The Morgan fingerprint density at radius 1 is 1.12 bits per heavy atom. The molecule has 1 atom stereocenters. The van der Waals surface area contributed by atoms with Crippen LogP contribution in [-0.2, 0) is 29.1 Å². The quantitative estimate of drug-likeness (QED) is 0.404. The van der Waals surface area contributed by atoms with Crippen molar-refractivity contribution in [1.82, 2.24) is 14.9 Å². The number of amides is 2. The Hall–Kier alpha value is -3.25. The molecule has 1 saturated heterocycles. The summed E-state index contributed by atoms with van der Waals surface area (Å²) in [5.41, 5.74) is 0.580. The van der Waals surface area contributed by atoms with E-state index in [0.29, 0.717) is 18.4 Å². The van der Waals surface area contributed by atoms with E-state index in [2.05, 4.69) is 10.6 Å². The monoisotopic (exact) mass is 493 g/mol. The molecule has 34 heavy (non-hydrogen) atoms. The average Bonchev–Trinajstić information content (AvgIpc) is 2.82. The Morgan fingerprint density at radius 3 is 2.47 bits per heavy atom. The molecule has 1 unspecified atom stereocenters. The summed E-state index contributed by atoms with van der Waals surface area (Å²) in [6, 6.07) is 3.91. The minimum atomic E-state index is -4.03. The molecule has 0 aromatic heterocycles. The highest BCUT2D eigenvalue weighted by atomic mass is 32.2. The van der Waals surface area contributed by atoms with Crippen molar-refractivity contribution in [1.29, 1.82) is 0 Å². The highest BCUT2D eigenvalue weighted by Gasteiger charge is 2.39. The molecule has 12 heteroatoms. The van der Waals surface area contributed by atoms with E-state index in [0.717, 1.165) is 4.31 Å². The summed E-state index contributed by atoms with van der Waals surface area (Å²) in [6.07, 6.45) is 1.47. The van der Waals surface area contributed by atoms with Crippen LogP contribution in [0.5, 0.6) is 0 Å². The lowest BCUT2D eigenvalue weighted by Crippen LogP contribution is -2.49. The third kappa shape index (κ3) is 5.62. The summed E-state index contributed by atoms with van der Waals surface area (Å²) < 4.78 is 37.9. The second kappa shape index (κ2) is 10.8. The zero-order valence-corrected chi connectivity index (χ0v) is 19.8. The SMILES string of the molecule is CCOC(=O)C1=C(COC(=O)C2CCCCN2S(=O)(=O)c2ccc(C(C)=O)cc2)NC(=O)NC1. The molecule has 1 aromatic rings. The van der Waals surface area contributed by atoms with E-state index in [1.165, 1.54) is 31.2 Å². The Kier molecular flexibility index (Phi) is 8.05. The maximum Gasteiger partial charge on any atom is 0.337 e. The predicted molar refractivity (Wildman–Crippen MR) is 119 cm³/mol. The molecule has 2 aliphatic heterocycles. The Bertz CT molecular complexity index is 1110. The summed E-state index contributed by atoms with van der Waals surface area (Å²) in [5, 5.41) is 4.89. The number of sulfonamides is 1. The number of carbonyl (C=O) groups excluding carboxylic acids is 4. The van der Waals surface area contributed by atoms with Gasteiger partial charge in [-0.05, 0) is 45.2 Å². The number of Topliss-reactive ketones (excluding diaryl/α,β-unsaturated/α-hetero) is 1. The van der Waals surface area contributed by atoms with E-state index < -0.39 is 40.6 Å². The van der Waals surface area contributed by atoms with Crippen molar-refractivity contribution in [2.75, 3.05) is 26.3 Å². The molecule has 0 radical (unpaired) electrons. The van der Waals surface area contributed by atoms with Crippen molar-refractivity contribution in [3.63, 3.8) is 0 Å². The van der Waals surface area contributed by atoms with Crippen molar-refractivity contribution in [3.8, 4) is 0 Å². The first-order valence-electron chi connectivity index (χ1n) is 10.9. The average molecular weight is 494 g/mol. The highest BCUT2D eigenvalue weighted by Crippen LogP contribution is 2.27. The molecule has 2 heterocycles. The molecular formula is C22H27N3O8S. The van der Waals surface area contributed by atoms with Crippen LogP contribution in [0, 0.1) is 0 Å². The molecular weight excluding hydrogens is 466 g/mol. The van der Waals surface area contributed by atoms with Gasteiger partial charge in [-0.1, -0.05) is 12.1 Å². The van der Waals surface area contributed by atoms with Gasteiger partial charge in [0.25, 0.3) is 0 Å². The molecule has 0 bridgehead atoms. The molecule has 0 spiro atoms. The first kappa shape index (κ1) is 25.4.